The van der Waals surface area contributed by atoms with Crippen molar-refractivity contribution in [1.82, 2.24) is 4.98 Å². The molecular formula is C17H16ClNO2. The molecule has 1 aliphatic rings. The molecule has 4 heteroatoms. The van der Waals surface area contributed by atoms with Crippen LogP contribution in [0.2, 0.25) is 5.02 Å². The van der Waals surface area contributed by atoms with Crippen LogP contribution in [0, 0.1) is 6.92 Å². The van der Waals surface area contributed by atoms with Crippen LogP contribution in [0.1, 0.15) is 35.2 Å². The van der Waals surface area contributed by atoms with Gasteiger partial charge in [0.1, 0.15) is 0 Å². The summed E-state index contributed by atoms with van der Waals surface area (Å²) >= 11 is 6.17. The zero-order valence-corrected chi connectivity index (χ0v) is 12.6. The highest BCUT2D eigenvalue weighted by molar-refractivity contribution is 6.31. The van der Waals surface area contributed by atoms with Gasteiger partial charge in [-0.05, 0) is 67.5 Å². The molecule has 3 rings (SSSR count). The normalized spacial score (nSPS) is 14.6. The minimum Gasteiger partial charge on any atom is -0.478 e. The Morgan fingerprint density at radius 1 is 1.33 bits per heavy atom. The summed E-state index contributed by atoms with van der Waals surface area (Å²) in [6, 6.07) is 3.78. The van der Waals surface area contributed by atoms with Crippen molar-refractivity contribution in [3.05, 3.63) is 45.6 Å². The van der Waals surface area contributed by atoms with Gasteiger partial charge in [-0.3, -0.25) is 4.98 Å². The van der Waals surface area contributed by atoms with E-state index in [1.807, 2.05) is 19.1 Å². The lowest BCUT2D eigenvalue weighted by molar-refractivity contribution is -0.131. The van der Waals surface area contributed by atoms with E-state index in [1.54, 1.807) is 6.08 Å². The molecule has 0 atom stereocenters. The monoisotopic (exact) mass is 301 g/mol. The van der Waals surface area contributed by atoms with Gasteiger partial charge in [0.2, 0.25) is 0 Å². The van der Waals surface area contributed by atoms with Crippen molar-refractivity contribution < 1.29 is 9.90 Å². The highest BCUT2D eigenvalue weighted by Gasteiger charge is 2.18. The third-order valence-electron chi connectivity index (χ3n) is 3.96. The van der Waals surface area contributed by atoms with E-state index >= 15 is 0 Å². The van der Waals surface area contributed by atoms with Crippen molar-refractivity contribution in [1.29, 1.82) is 0 Å². The Kier molecular flexibility index (Phi) is 3.68. The molecule has 0 radical (unpaired) electrons. The maximum absolute atomic E-state index is 10.9. The second kappa shape index (κ2) is 5.49. The number of fused-ring (bicyclic) bond motifs is 2. The van der Waals surface area contributed by atoms with E-state index in [4.69, 9.17) is 21.7 Å². The number of halogens is 1. The van der Waals surface area contributed by atoms with Gasteiger partial charge < -0.3 is 5.11 Å². The molecule has 0 saturated heterocycles. The van der Waals surface area contributed by atoms with Gasteiger partial charge in [-0.1, -0.05) is 11.6 Å². The predicted octanol–water partition coefficient (Wildman–Crippen LogP) is 4.17. The summed E-state index contributed by atoms with van der Waals surface area (Å²) in [5, 5.41) is 10.5. The van der Waals surface area contributed by atoms with E-state index in [1.165, 1.54) is 11.6 Å². The lowest BCUT2D eigenvalue weighted by Crippen LogP contribution is -2.09. The van der Waals surface area contributed by atoms with Crippen LogP contribution < -0.4 is 0 Å². The number of carboxylic acid groups (broad SMARTS) is 1. The summed E-state index contributed by atoms with van der Waals surface area (Å²) in [6.45, 7) is 1.99. The molecule has 0 unspecified atom stereocenters. The second-order valence-corrected chi connectivity index (χ2v) is 5.88. The fraction of sp³-hybridized carbons (Fsp3) is 0.294. The molecular weight excluding hydrogens is 286 g/mol. The van der Waals surface area contributed by atoms with Crippen molar-refractivity contribution in [2.45, 2.75) is 32.6 Å². The van der Waals surface area contributed by atoms with Gasteiger partial charge >= 0.3 is 5.97 Å². The number of rotatable bonds is 2. The first-order valence-corrected chi connectivity index (χ1v) is 7.46. The summed E-state index contributed by atoms with van der Waals surface area (Å²) in [5.41, 5.74) is 5.18. The van der Waals surface area contributed by atoms with Crippen LogP contribution in [0.3, 0.4) is 0 Å². The minimum atomic E-state index is -0.941. The summed E-state index contributed by atoms with van der Waals surface area (Å²) in [6.07, 6.45) is 7.05. The van der Waals surface area contributed by atoms with Crippen molar-refractivity contribution in [3.63, 3.8) is 0 Å². The molecule has 1 aromatic heterocycles. The Bertz CT molecular complexity index is 765. The highest BCUT2D eigenvalue weighted by atomic mass is 35.5. The lowest BCUT2D eigenvalue weighted by atomic mass is 9.89. The van der Waals surface area contributed by atoms with Crippen LogP contribution in [0.15, 0.2) is 18.2 Å². The van der Waals surface area contributed by atoms with Crippen LogP contribution in [-0.4, -0.2) is 16.1 Å². The molecule has 1 heterocycles. The van der Waals surface area contributed by atoms with Crippen molar-refractivity contribution in [2.24, 2.45) is 0 Å². The molecule has 2 aromatic rings. The Balaban J connectivity index is 2.35. The topological polar surface area (TPSA) is 50.2 Å². The zero-order valence-electron chi connectivity index (χ0n) is 11.8. The molecule has 0 saturated carbocycles. The lowest BCUT2D eigenvalue weighted by Gasteiger charge is -2.20. The third-order valence-corrected chi connectivity index (χ3v) is 4.18. The number of hydrogen-bond donors (Lipinski definition) is 1. The van der Waals surface area contributed by atoms with Gasteiger partial charge in [0.15, 0.2) is 0 Å². The fourth-order valence-electron chi connectivity index (χ4n) is 3.03. The highest BCUT2D eigenvalue weighted by Crippen LogP contribution is 2.33. The Hall–Kier alpha value is -1.87. The predicted molar refractivity (Wildman–Crippen MR) is 84.8 cm³/mol. The van der Waals surface area contributed by atoms with Gasteiger partial charge in [-0.15, -0.1) is 0 Å². The van der Waals surface area contributed by atoms with Crippen molar-refractivity contribution in [3.8, 4) is 0 Å². The maximum atomic E-state index is 10.9. The molecule has 0 aliphatic heterocycles. The average Bonchev–Trinajstić information content (AvgIpc) is 2.44. The van der Waals surface area contributed by atoms with Gasteiger partial charge in [0.05, 0.1) is 5.52 Å². The molecule has 108 valence electrons. The standard InChI is InChI=1S/C17H16ClNO2/c1-10-8-11(18)9-14-12(6-7-16(20)21)13-4-2-3-5-15(13)19-17(10)14/h6-9H,2-5H2,1H3,(H,20,21)/b7-6+. The number of carboxylic acids is 1. The van der Waals surface area contributed by atoms with Gasteiger partial charge in [-0.25, -0.2) is 4.79 Å². The maximum Gasteiger partial charge on any atom is 0.328 e. The van der Waals surface area contributed by atoms with E-state index < -0.39 is 5.97 Å². The largest absolute Gasteiger partial charge is 0.478 e. The first kappa shape index (κ1) is 14.1. The molecule has 1 aromatic carbocycles. The summed E-state index contributed by atoms with van der Waals surface area (Å²) in [7, 11) is 0. The fourth-order valence-corrected chi connectivity index (χ4v) is 3.31. The number of carbonyl (C=O) groups is 1. The number of aliphatic carboxylic acids is 1. The SMILES string of the molecule is Cc1cc(Cl)cc2c(/C=C/C(=O)O)c3c(nc12)CCCC3. The molecule has 0 fully saturated rings. The molecule has 3 nitrogen and oxygen atoms in total. The Morgan fingerprint density at radius 2 is 2.10 bits per heavy atom. The van der Waals surface area contributed by atoms with Crippen LogP contribution >= 0.6 is 11.6 Å². The number of aryl methyl sites for hydroxylation is 2. The number of aromatic nitrogens is 1. The van der Waals surface area contributed by atoms with Crippen molar-refractivity contribution >= 4 is 34.5 Å². The Morgan fingerprint density at radius 3 is 2.86 bits per heavy atom. The Labute approximate surface area is 128 Å². The second-order valence-electron chi connectivity index (χ2n) is 5.45. The van der Waals surface area contributed by atoms with Crippen molar-refractivity contribution in [2.75, 3.05) is 0 Å². The summed E-state index contributed by atoms with van der Waals surface area (Å²) in [5.74, 6) is -0.941. The van der Waals surface area contributed by atoms with Crippen LogP contribution in [0.25, 0.3) is 17.0 Å². The van der Waals surface area contributed by atoms with E-state index in [-0.39, 0.29) is 0 Å². The molecule has 0 spiro atoms. The number of nitrogens with zero attached hydrogens (tertiary/aromatic N) is 1. The smallest absolute Gasteiger partial charge is 0.328 e. The molecule has 21 heavy (non-hydrogen) atoms. The number of pyridine rings is 1. The third kappa shape index (κ3) is 2.66. The summed E-state index contributed by atoms with van der Waals surface area (Å²) < 4.78 is 0. The van der Waals surface area contributed by atoms with E-state index in [0.717, 1.165) is 53.4 Å². The average molecular weight is 302 g/mol. The van der Waals surface area contributed by atoms with Gasteiger partial charge in [0.25, 0.3) is 0 Å². The number of benzene rings is 1. The first-order chi connectivity index (χ1) is 10.1. The molecule has 0 amide bonds. The molecule has 1 aliphatic carbocycles. The minimum absolute atomic E-state index is 0.655. The van der Waals surface area contributed by atoms with Gasteiger partial charge in [0, 0.05) is 22.2 Å². The van der Waals surface area contributed by atoms with E-state index in [0.29, 0.717) is 5.02 Å². The summed E-state index contributed by atoms with van der Waals surface area (Å²) in [4.78, 5) is 15.7. The molecule has 0 bridgehead atoms. The van der Waals surface area contributed by atoms with E-state index in [2.05, 4.69) is 0 Å². The van der Waals surface area contributed by atoms with Crippen LogP contribution in [-0.2, 0) is 17.6 Å². The van der Waals surface area contributed by atoms with Crippen LogP contribution in [0.5, 0.6) is 0 Å². The van der Waals surface area contributed by atoms with Crippen LogP contribution in [0.4, 0.5) is 0 Å². The quantitative estimate of drug-likeness (QED) is 0.847. The first-order valence-electron chi connectivity index (χ1n) is 7.09. The van der Waals surface area contributed by atoms with Gasteiger partial charge in [-0.2, -0.15) is 0 Å². The number of hydrogen-bond acceptors (Lipinski definition) is 2. The van der Waals surface area contributed by atoms with E-state index in [9.17, 15) is 4.79 Å². The zero-order chi connectivity index (χ0) is 15.0. The molecule has 1 N–H and O–H groups in total.